The molecule has 0 bridgehead atoms. The van der Waals surface area contributed by atoms with Gasteiger partial charge in [-0.05, 0) is 5.56 Å². The van der Waals surface area contributed by atoms with Gasteiger partial charge < -0.3 is 35.0 Å². The number of thioether (sulfide) groups is 1. The van der Waals surface area contributed by atoms with Crippen LogP contribution in [0.3, 0.4) is 0 Å². The van der Waals surface area contributed by atoms with Gasteiger partial charge in [0.05, 0.1) is 7.11 Å². The highest BCUT2D eigenvalue weighted by atomic mass is 32.2. The van der Waals surface area contributed by atoms with Crippen LogP contribution in [-0.2, 0) is 25.7 Å². The van der Waals surface area contributed by atoms with Gasteiger partial charge in [-0.2, -0.15) is 0 Å². The first-order chi connectivity index (χ1) is 13.8. The lowest BCUT2D eigenvalue weighted by atomic mass is 10.0. The predicted octanol–water partition coefficient (Wildman–Crippen LogP) is -1.18. The summed E-state index contributed by atoms with van der Waals surface area (Å²) < 4.78 is 9.76. The van der Waals surface area contributed by atoms with E-state index in [9.17, 15) is 29.7 Å². The monoisotopic (exact) mass is 426 g/mol. The maximum atomic E-state index is 13.0. The van der Waals surface area contributed by atoms with E-state index in [0.717, 1.165) is 16.7 Å². The molecule has 0 saturated carbocycles. The van der Waals surface area contributed by atoms with Crippen molar-refractivity contribution < 1.29 is 39.2 Å². The van der Waals surface area contributed by atoms with Crippen LogP contribution in [-0.4, -0.2) is 86.8 Å². The summed E-state index contributed by atoms with van der Waals surface area (Å²) in [6, 6.07) is 6.20. The Hall–Kier alpha value is -2.34. The minimum Gasteiger partial charge on any atom is -0.467 e. The molecular weight excluding hydrogens is 404 g/mol. The maximum Gasteiger partial charge on any atom is 0.408 e. The molecular formula is C18H22N2O8S. The third kappa shape index (κ3) is 4.32. The molecule has 2 heterocycles. The first-order valence-corrected chi connectivity index (χ1v) is 9.93. The van der Waals surface area contributed by atoms with Gasteiger partial charge >= 0.3 is 12.1 Å². The third-order valence-corrected chi connectivity index (χ3v) is 6.20. The molecule has 0 spiro atoms. The zero-order valence-electron chi connectivity index (χ0n) is 15.5. The SMILES string of the molecule is COC(=O)[C@@H]1CS[C@@H]2[C@H](O)[C@@H](O)[C@H](O)[C@H](NC(=O)OCc3ccccc3)C(=O)N21. The molecule has 10 nitrogen and oxygen atoms in total. The topological polar surface area (TPSA) is 146 Å². The normalized spacial score (nSPS) is 31.6. The van der Waals surface area contributed by atoms with Crippen molar-refractivity contribution in [2.45, 2.75) is 42.4 Å². The van der Waals surface area contributed by atoms with Crippen LogP contribution >= 0.6 is 11.8 Å². The summed E-state index contributed by atoms with van der Waals surface area (Å²) in [6.45, 7) is -0.0676. The molecule has 2 amide bonds. The van der Waals surface area contributed by atoms with E-state index >= 15 is 0 Å². The van der Waals surface area contributed by atoms with Gasteiger partial charge in [-0.25, -0.2) is 9.59 Å². The lowest BCUT2D eigenvalue weighted by molar-refractivity contribution is -0.153. The van der Waals surface area contributed by atoms with Crippen molar-refractivity contribution in [2.75, 3.05) is 12.9 Å². The second kappa shape index (κ2) is 8.99. The van der Waals surface area contributed by atoms with Gasteiger partial charge in [-0.15, -0.1) is 11.8 Å². The number of fused-ring (bicyclic) bond motifs is 1. The summed E-state index contributed by atoms with van der Waals surface area (Å²) >= 11 is 1.08. The van der Waals surface area contributed by atoms with Crippen molar-refractivity contribution in [3.05, 3.63) is 35.9 Å². The van der Waals surface area contributed by atoms with E-state index in [1.807, 2.05) is 0 Å². The average Bonchev–Trinajstić information content (AvgIpc) is 3.17. The average molecular weight is 426 g/mol. The smallest absolute Gasteiger partial charge is 0.408 e. The van der Waals surface area contributed by atoms with Crippen molar-refractivity contribution in [1.29, 1.82) is 0 Å². The van der Waals surface area contributed by atoms with Crippen LogP contribution in [0.15, 0.2) is 30.3 Å². The molecule has 0 aromatic heterocycles. The van der Waals surface area contributed by atoms with Gasteiger partial charge in [0.25, 0.3) is 0 Å². The Morgan fingerprint density at radius 3 is 2.52 bits per heavy atom. The number of alkyl carbamates (subject to hydrolysis) is 1. The molecule has 0 aliphatic carbocycles. The van der Waals surface area contributed by atoms with Gasteiger partial charge in [0, 0.05) is 5.75 Å². The predicted molar refractivity (Wildman–Crippen MR) is 100 cm³/mol. The molecule has 11 heteroatoms. The summed E-state index contributed by atoms with van der Waals surface area (Å²) in [5.74, 6) is -1.37. The number of rotatable bonds is 4. The minimum absolute atomic E-state index is 0.0676. The summed E-state index contributed by atoms with van der Waals surface area (Å²) in [5.41, 5.74) is 0.715. The number of carbonyl (C=O) groups is 3. The number of hydrogen-bond donors (Lipinski definition) is 4. The van der Waals surface area contributed by atoms with E-state index < -0.39 is 53.7 Å². The lowest BCUT2D eigenvalue weighted by Crippen LogP contribution is -2.57. The second-order valence-corrected chi connectivity index (χ2v) is 7.81. The van der Waals surface area contributed by atoms with E-state index in [1.165, 1.54) is 7.11 Å². The maximum absolute atomic E-state index is 13.0. The Balaban J connectivity index is 1.76. The molecule has 1 aromatic rings. The van der Waals surface area contributed by atoms with Crippen molar-refractivity contribution in [3.8, 4) is 0 Å². The summed E-state index contributed by atoms with van der Waals surface area (Å²) in [4.78, 5) is 38.3. The number of ether oxygens (including phenoxy) is 2. The number of nitrogens with zero attached hydrogens (tertiary/aromatic N) is 1. The largest absolute Gasteiger partial charge is 0.467 e. The molecule has 2 aliphatic heterocycles. The third-order valence-electron chi connectivity index (χ3n) is 4.85. The van der Waals surface area contributed by atoms with Crippen LogP contribution in [0.25, 0.3) is 0 Å². The van der Waals surface area contributed by atoms with Crippen LogP contribution in [0.4, 0.5) is 4.79 Å². The molecule has 4 N–H and O–H groups in total. The van der Waals surface area contributed by atoms with Crippen LogP contribution in [0, 0.1) is 0 Å². The highest BCUT2D eigenvalue weighted by molar-refractivity contribution is 8.00. The standard InChI is InChI=1S/C18H22N2O8S/c1-27-17(25)10-8-29-16-14(23)13(22)12(21)11(15(24)20(10)16)19-18(26)28-7-9-5-3-2-4-6-9/h2-6,10-14,16,21-23H,7-8H2,1H3,(H,19,26)/t10-,11-,12+,13-,14+,16+/m0/s1. The highest BCUT2D eigenvalue weighted by Crippen LogP contribution is 2.36. The summed E-state index contributed by atoms with van der Waals surface area (Å²) in [5, 5.41) is 32.3. The Morgan fingerprint density at radius 2 is 1.86 bits per heavy atom. The van der Waals surface area contributed by atoms with Crippen LogP contribution in [0.5, 0.6) is 0 Å². The van der Waals surface area contributed by atoms with Gasteiger partial charge in [-0.3, -0.25) is 4.79 Å². The lowest BCUT2D eigenvalue weighted by Gasteiger charge is -2.30. The minimum atomic E-state index is -1.80. The highest BCUT2D eigenvalue weighted by Gasteiger charge is 2.54. The van der Waals surface area contributed by atoms with Crippen LogP contribution < -0.4 is 5.32 Å². The van der Waals surface area contributed by atoms with Gasteiger partial charge in [0.15, 0.2) is 0 Å². The molecule has 0 radical (unpaired) electrons. The quantitative estimate of drug-likeness (QED) is 0.437. The number of hydrogen-bond acceptors (Lipinski definition) is 9. The summed E-state index contributed by atoms with van der Waals surface area (Å²) in [6.07, 6.45) is -6.04. The second-order valence-electron chi connectivity index (χ2n) is 6.66. The number of aliphatic hydroxyl groups excluding tert-OH is 3. The van der Waals surface area contributed by atoms with Crippen molar-refractivity contribution in [3.63, 3.8) is 0 Å². The number of carbonyl (C=O) groups excluding carboxylic acids is 3. The first kappa shape index (κ1) is 21.4. The number of methoxy groups -OCH3 is 1. The summed E-state index contributed by atoms with van der Waals surface area (Å²) in [7, 11) is 1.17. The van der Waals surface area contributed by atoms with Gasteiger partial charge in [0.2, 0.25) is 5.91 Å². The Labute approximate surface area is 170 Å². The van der Waals surface area contributed by atoms with Gasteiger partial charge in [-0.1, -0.05) is 30.3 Å². The van der Waals surface area contributed by atoms with Crippen molar-refractivity contribution in [1.82, 2.24) is 10.2 Å². The first-order valence-electron chi connectivity index (χ1n) is 8.88. The fourth-order valence-electron chi connectivity index (χ4n) is 3.30. The molecule has 6 atom stereocenters. The number of aliphatic hydroxyl groups is 3. The molecule has 1 aromatic carbocycles. The molecule has 2 saturated heterocycles. The molecule has 0 unspecified atom stereocenters. The van der Waals surface area contributed by atoms with Crippen LogP contribution in [0.2, 0.25) is 0 Å². The van der Waals surface area contributed by atoms with Crippen molar-refractivity contribution in [2.24, 2.45) is 0 Å². The van der Waals surface area contributed by atoms with E-state index in [2.05, 4.69) is 5.32 Å². The molecule has 2 fully saturated rings. The number of benzene rings is 1. The molecule has 2 aliphatic rings. The van der Waals surface area contributed by atoms with E-state index in [0.29, 0.717) is 5.56 Å². The Morgan fingerprint density at radius 1 is 1.17 bits per heavy atom. The Kier molecular flexibility index (Phi) is 6.63. The van der Waals surface area contributed by atoms with E-state index in [-0.39, 0.29) is 12.4 Å². The number of nitrogens with one attached hydrogen (secondary N) is 1. The van der Waals surface area contributed by atoms with Gasteiger partial charge in [0.1, 0.15) is 42.4 Å². The number of esters is 1. The zero-order chi connectivity index (χ0) is 21.1. The zero-order valence-corrected chi connectivity index (χ0v) is 16.3. The fourth-order valence-corrected chi connectivity index (χ4v) is 4.75. The molecule has 29 heavy (non-hydrogen) atoms. The Bertz CT molecular complexity index is 763. The van der Waals surface area contributed by atoms with Crippen LogP contribution in [0.1, 0.15) is 5.56 Å². The molecule has 158 valence electrons. The van der Waals surface area contributed by atoms with Crippen molar-refractivity contribution >= 4 is 29.7 Å². The van der Waals surface area contributed by atoms with E-state index in [1.54, 1.807) is 30.3 Å². The number of amides is 2. The molecule has 3 rings (SSSR count). The fraction of sp³-hybridized carbons (Fsp3) is 0.500. The van der Waals surface area contributed by atoms with E-state index in [4.69, 9.17) is 9.47 Å².